The lowest BCUT2D eigenvalue weighted by Gasteiger charge is -2.20. The standard InChI is InChI=1S/C36H26/c1-23-9-7-15-29(17-23)35-31-19-25-11-3-5-13-27(25)21-33(31)36(30-16-8-10-24(2)18-30)34-22-28-14-6-4-12-26(28)20-32(34)35/h3-22H,1-2H3. The molecule has 0 heteroatoms. The number of rotatable bonds is 2. The molecule has 36 heavy (non-hydrogen) atoms. The SMILES string of the molecule is Cc1cccc(-c2c3cc4ccccc4cc3c(-c3cccc(C)c3)c3cc4ccccc4cc23)c1. The van der Waals surface area contributed by atoms with Crippen molar-refractivity contribution in [2.45, 2.75) is 13.8 Å². The molecule has 0 aliphatic rings. The van der Waals surface area contributed by atoms with Crippen molar-refractivity contribution in [3.8, 4) is 22.3 Å². The van der Waals surface area contributed by atoms with E-state index in [9.17, 15) is 0 Å². The maximum atomic E-state index is 2.40. The van der Waals surface area contributed by atoms with E-state index in [1.807, 2.05) is 0 Å². The van der Waals surface area contributed by atoms with E-state index in [1.165, 1.54) is 76.5 Å². The average Bonchev–Trinajstić information content (AvgIpc) is 2.89. The third kappa shape index (κ3) is 3.30. The van der Waals surface area contributed by atoms with Crippen LogP contribution in [0, 0.1) is 13.8 Å². The van der Waals surface area contributed by atoms with E-state index in [4.69, 9.17) is 0 Å². The van der Waals surface area contributed by atoms with Crippen LogP contribution >= 0.6 is 0 Å². The van der Waals surface area contributed by atoms with Crippen LogP contribution in [0.1, 0.15) is 11.1 Å². The predicted octanol–water partition coefficient (Wildman–Crippen LogP) is 10.3. The molecule has 0 fully saturated rings. The molecule has 0 amide bonds. The topological polar surface area (TPSA) is 0 Å². The lowest BCUT2D eigenvalue weighted by Crippen LogP contribution is -1.92. The van der Waals surface area contributed by atoms with E-state index in [1.54, 1.807) is 0 Å². The molecule has 0 bridgehead atoms. The van der Waals surface area contributed by atoms with Gasteiger partial charge < -0.3 is 0 Å². The minimum absolute atomic E-state index is 1.27. The molecule has 0 saturated carbocycles. The summed E-state index contributed by atoms with van der Waals surface area (Å²) in [7, 11) is 0. The van der Waals surface area contributed by atoms with Gasteiger partial charge in [-0.1, -0.05) is 108 Å². The summed E-state index contributed by atoms with van der Waals surface area (Å²) in [4.78, 5) is 0. The van der Waals surface area contributed by atoms with Crippen LogP contribution in [0.4, 0.5) is 0 Å². The van der Waals surface area contributed by atoms with Gasteiger partial charge in [-0.3, -0.25) is 0 Å². The summed E-state index contributed by atoms with van der Waals surface area (Å²) < 4.78 is 0. The van der Waals surface area contributed by atoms with Crippen LogP contribution in [-0.4, -0.2) is 0 Å². The Morgan fingerprint density at radius 3 is 0.972 bits per heavy atom. The molecule has 7 rings (SSSR count). The van der Waals surface area contributed by atoms with Gasteiger partial charge in [0.05, 0.1) is 0 Å². The number of aryl methyl sites for hydroxylation is 2. The third-order valence-corrected chi connectivity index (χ3v) is 7.46. The Balaban J connectivity index is 1.78. The maximum Gasteiger partial charge on any atom is -0.00258 e. The second-order valence-electron chi connectivity index (χ2n) is 9.98. The summed E-state index contributed by atoms with van der Waals surface area (Å²) >= 11 is 0. The molecular weight excluding hydrogens is 432 g/mol. The Kier molecular flexibility index (Phi) is 4.69. The van der Waals surface area contributed by atoms with Gasteiger partial charge in [-0.2, -0.15) is 0 Å². The summed E-state index contributed by atoms with van der Waals surface area (Å²) in [6.07, 6.45) is 0. The van der Waals surface area contributed by atoms with Crippen LogP contribution < -0.4 is 0 Å². The van der Waals surface area contributed by atoms with Gasteiger partial charge in [-0.05, 0) is 103 Å². The molecule has 0 spiro atoms. The summed E-state index contributed by atoms with van der Waals surface area (Å²) in [5.41, 5.74) is 7.72. The zero-order chi connectivity index (χ0) is 24.2. The number of hydrogen-bond acceptors (Lipinski definition) is 0. The Morgan fingerprint density at radius 1 is 0.333 bits per heavy atom. The Morgan fingerprint density at radius 2 is 0.667 bits per heavy atom. The lowest BCUT2D eigenvalue weighted by molar-refractivity contribution is 1.47. The fourth-order valence-corrected chi connectivity index (χ4v) is 5.82. The smallest absolute Gasteiger partial charge is 0.00258 e. The summed E-state index contributed by atoms with van der Waals surface area (Å²) in [6, 6.07) is 44.9. The zero-order valence-electron chi connectivity index (χ0n) is 20.5. The van der Waals surface area contributed by atoms with Gasteiger partial charge in [-0.15, -0.1) is 0 Å². The highest BCUT2D eigenvalue weighted by atomic mass is 14.2. The van der Waals surface area contributed by atoms with Crippen LogP contribution in [0.25, 0.3) is 65.3 Å². The first kappa shape index (κ1) is 20.9. The van der Waals surface area contributed by atoms with Crippen molar-refractivity contribution >= 4 is 43.1 Å². The van der Waals surface area contributed by atoms with Crippen molar-refractivity contribution in [3.63, 3.8) is 0 Å². The van der Waals surface area contributed by atoms with Crippen LogP contribution in [0.5, 0.6) is 0 Å². The molecular formula is C36H26. The highest BCUT2D eigenvalue weighted by Gasteiger charge is 2.18. The van der Waals surface area contributed by atoms with Crippen molar-refractivity contribution in [2.24, 2.45) is 0 Å². The Bertz CT molecular complexity index is 1720. The molecule has 0 unspecified atom stereocenters. The average molecular weight is 459 g/mol. The largest absolute Gasteiger partial charge is 0.0616 e. The van der Waals surface area contributed by atoms with Crippen LogP contribution in [-0.2, 0) is 0 Å². The lowest BCUT2D eigenvalue weighted by atomic mass is 9.83. The van der Waals surface area contributed by atoms with Gasteiger partial charge >= 0.3 is 0 Å². The first-order valence-corrected chi connectivity index (χ1v) is 12.6. The molecule has 0 nitrogen and oxygen atoms in total. The second kappa shape index (κ2) is 8.07. The molecule has 0 aliphatic heterocycles. The van der Waals surface area contributed by atoms with E-state index in [-0.39, 0.29) is 0 Å². The molecule has 0 aromatic heterocycles. The summed E-state index contributed by atoms with van der Waals surface area (Å²) in [6.45, 7) is 4.36. The van der Waals surface area contributed by atoms with Crippen LogP contribution in [0.3, 0.4) is 0 Å². The van der Waals surface area contributed by atoms with E-state index < -0.39 is 0 Å². The summed E-state index contributed by atoms with van der Waals surface area (Å²) in [5.74, 6) is 0. The summed E-state index contributed by atoms with van der Waals surface area (Å²) in [5, 5.41) is 10.3. The van der Waals surface area contributed by atoms with Crippen molar-refractivity contribution in [2.75, 3.05) is 0 Å². The minimum Gasteiger partial charge on any atom is -0.0616 e. The van der Waals surface area contributed by atoms with Crippen molar-refractivity contribution in [1.29, 1.82) is 0 Å². The van der Waals surface area contributed by atoms with Crippen molar-refractivity contribution in [3.05, 3.63) is 132 Å². The quantitative estimate of drug-likeness (QED) is 0.226. The first-order valence-electron chi connectivity index (χ1n) is 12.6. The number of fused-ring (bicyclic) bond motifs is 4. The first-order chi connectivity index (χ1) is 17.7. The van der Waals surface area contributed by atoms with Crippen LogP contribution in [0.15, 0.2) is 121 Å². The molecule has 0 saturated heterocycles. The van der Waals surface area contributed by atoms with Gasteiger partial charge in [0.25, 0.3) is 0 Å². The molecule has 0 heterocycles. The van der Waals surface area contributed by atoms with E-state index >= 15 is 0 Å². The molecule has 0 N–H and O–H groups in total. The third-order valence-electron chi connectivity index (χ3n) is 7.46. The second-order valence-corrected chi connectivity index (χ2v) is 9.98. The number of hydrogen-bond donors (Lipinski definition) is 0. The Hall–Kier alpha value is -4.42. The highest BCUT2D eigenvalue weighted by molar-refractivity contribution is 6.25. The van der Waals surface area contributed by atoms with E-state index in [0.29, 0.717) is 0 Å². The predicted molar refractivity (Wildman–Crippen MR) is 157 cm³/mol. The molecule has 0 aliphatic carbocycles. The van der Waals surface area contributed by atoms with Crippen molar-refractivity contribution < 1.29 is 0 Å². The van der Waals surface area contributed by atoms with Gasteiger partial charge in [0.2, 0.25) is 0 Å². The highest BCUT2D eigenvalue weighted by Crippen LogP contribution is 2.46. The van der Waals surface area contributed by atoms with E-state index in [0.717, 1.165) is 0 Å². The van der Waals surface area contributed by atoms with Gasteiger partial charge in [0, 0.05) is 0 Å². The van der Waals surface area contributed by atoms with Crippen molar-refractivity contribution in [1.82, 2.24) is 0 Å². The normalized spacial score (nSPS) is 11.6. The van der Waals surface area contributed by atoms with E-state index in [2.05, 4.69) is 135 Å². The number of benzene rings is 7. The van der Waals surface area contributed by atoms with Gasteiger partial charge in [0.15, 0.2) is 0 Å². The molecule has 0 radical (unpaired) electrons. The minimum atomic E-state index is 1.27. The molecule has 0 atom stereocenters. The maximum absolute atomic E-state index is 2.40. The Labute approximate surface area is 211 Å². The van der Waals surface area contributed by atoms with Gasteiger partial charge in [0.1, 0.15) is 0 Å². The molecule has 170 valence electrons. The van der Waals surface area contributed by atoms with Crippen LogP contribution in [0.2, 0.25) is 0 Å². The fraction of sp³-hybridized carbons (Fsp3) is 0.0556. The fourth-order valence-electron chi connectivity index (χ4n) is 5.82. The molecule has 7 aromatic rings. The molecule has 7 aromatic carbocycles. The zero-order valence-corrected chi connectivity index (χ0v) is 20.5. The monoisotopic (exact) mass is 458 g/mol. The van der Waals surface area contributed by atoms with Gasteiger partial charge in [-0.25, -0.2) is 0 Å².